The second-order valence-corrected chi connectivity index (χ2v) is 7.71. The number of hydrogen-bond donors (Lipinski definition) is 1. The Morgan fingerprint density at radius 1 is 1.25 bits per heavy atom. The molecule has 0 bridgehead atoms. The molecule has 158 valence electrons. The number of nitrogens with one attached hydrogen (secondary N) is 1. The van der Waals surface area contributed by atoms with E-state index in [0.29, 0.717) is 6.04 Å². The molecule has 6 nitrogen and oxygen atoms in total. The monoisotopic (exact) mass is 501 g/mol. The SMILES string of the molecule is CN=C(NCCN(C(C)C)C1CC1)N1CCN(c2cccc(OC)c2)CC1.I. The molecule has 1 aromatic carbocycles. The fraction of sp³-hybridized carbons (Fsp3) is 0.667. The van der Waals surface area contributed by atoms with Crippen LogP contribution in [0.2, 0.25) is 0 Å². The lowest BCUT2D eigenvalue weighted by Crippen LogP contribution is -2.53. The minimum atomic E-state index is 0. The summed E-state index contributed by atoms with van der Waals surface area (Å²) < 4.78 is 5.35. The maximum Gasteiger partial charge on any atom is 0.193 e. The molecule has 1 aromatic rings. The van der Waals surface area contributed by atoms with Gasteiger partial charge in [0.25, 0.3) is 0 Å². The quantitative estimate of drug-likeness (QED) is 0.354. The molecule has 1 aliphatic carbocycles. The maximum absolute atomic E-state index is 5.35. The molecular weight excluding hydrogens is 465 g/mol. The molecule has 7 heteroatoms. The number of anilines is 1. The first-order valence-corrected chi connectivity index (χ1v) is 10.2. The molecule has 28 heavy (non-hydrogen) atoms. The van der Waals surface area contributed by atoms with Crippen LogP contribution in [0.4, 0.5) is 5.69 Å². The van der Waals surface area contributed by atoms with Gasteiger partial charge in [0.1, 0.15) is 5.75 Å². The van der Waals surface area contributed by atoms with Crippen LogP contribution in [-0.2, 0) is 0 Å². The lowest BCUT2D eigenvalue weighted by molar-refractivity contribution is 0.214. The van der Waals surface area contributed by atoms with E-state index in [9.17, 15) is 0 Å². The van der Waals surface area contributed by atoms with E-state index in [-0.39, 0.29) is 24.0 Å². The Bertz CT molecular complexity index is 625. The Hall–Kier alpha value is -1.22. The van der Waals surface area contributed by atoms with E-state index in [1.165, 1.54) is 18.5 Å². The molecule has 2 aliphatic rings. The molecule has 0 spiro atoms. The van der Waals surface area contributed by atoms with Gasteiger partial charge >= 0.3 is 0 Å². The maximum atomic E-state index is 5.35. The lowest BCUT2D eigenvalue weighted by atomic mass is 10.2. The van der Waals surface area contributed by atoms with Crippen LogP contribution >= 0.6 is 24.0 Å². The van der Waals surface area contributed by atoms with Gasteiger partial charge in [-0.05, 0) is 38.8 Å². The van der Waals surface area contributed by atoms with E-state index >= 15 is 0 Å². The molecule has 3 rings (SSSR count). The first-order valence-electron chi connectivity index (χ1n) is 10.2. The van der Waals surface area contributed by atoms with Gasteiger partial charge in [0.2, 0.25) is 0 Å². The number of ether oxygens (including phenoxy) is 1. The molecule has 1 heterocycles. The number of rotatable bonds is 7. The molecule has 1 N–H and O–H groups in total. The van der Waals surface area contributed by atoms with Crippen LogP contribution in [0.15, 0.2) is 29.3 Å². The van der Waals surface area contributed by atoms with Gasteiger partial charge in [-0.1, -0.05) is 6.07 Å². The summed E-state index contributed by atoms with van der Waals surface area (Å²) in [6.07, 6.45) is 2.72. The van der Waals surface area contributed by atoms with Crippen molar-refractivity contribution in [1.29, 1.82) is 0 Å². The van der Waals surface area contributed by atoms with Crippen molar-refractivity contribution in [3.05, 3.63) is 24.3 Å². The predicted molar refractivity (Wildman–Crippen MR) is 128 cm³/mol. The van der Waals surface area contributed by atoms with Gasteiger partial charge in [0.05, 0.1) is 7.11 Å². The van der Waals surface area contributed by atoms with Gasteiger partial charge in [-0.25, -0.2) is 0 Å². The second kappa shape index (κ2) is 11.1. The van der Waals surface area contributed by atoms with Crippen molar-refractivity contribution in [2.75, 3.05) is 58.3 Å². The van der Waals surface area contributed by atoms with Crippen LogP contribution in [0.1, 0.15) is 26.7 Å². The van der Waals surface area contributed by atoms with Crippen molar-refractivity contribution in [2.24, 2.45) is 4.99 Å². The van der Waals surface area contributed by atoms with Gasteiger partial charge in [-0.15, -0.1) is 24.0 Å². The highest BCUT2D eigenvalue weighted by Gasteiger charge is 2.30. The van der Waals surface area contributed by atoms with Crippen LogP contribution in [-0.4, -0.2) is 81.3 Å². The zero-order chi connectivity index (χ0) is 19.2. The van der Waals surface area contributed by atoms with E-state index in [0.717, 1.165) is 57.0 Å². The highest BCUT2D eigenvalue weighted by atomic mass is 127. The third-order valence-corrected chi connectivity index (χ3v) is 5.54. The number of guanidine groups is 1. The Kier molecular flexibility index (Phi) is 9.14. The van der Waals surface area contributed by atoms with Crippen LogP contribution in [0, 0.1) is 0 Å². The summed E-state index contributed by atoms with van der Waals surface area (Å²) in [5.41, 5.74) is 1.23. The third kappa shape index (κ3) is 6.14. The van der Waals surface area contributed by atoms with Crippen molar-refractivity contribution in [1.82, 2.24) is 15.1 Å². The topological polar surface area (TPSA) is 43.3 Å². The first-order chi connectivity index (χ1) is 13.1. The van der Waals surface area contributed by atoms with Crippen molar-refractivity contribution in [3.63, 3.8) is 0 Å². The minimum Gasteiger partial charge on any atom is -0.497 e. The van der Waals surface area contributed by atoms with E-state index in [1.54, 1.807) is 7.11 Å². The molecular formula is C21H36IN5O. The van der Waals surface area contributed by atoms with Gasteiger partial charge < -0.3 is 19.9 Å². The molecule has 2 fully saturated rings. The normalized spacial score (nSPS) is 17.7. The fourth-order valence-corrected chi connectivity index (χ4v) is 3.88. The summed E-state index contributed by atoms with van der Waals surface area (Å²) in [5.74, 6) is 1.94. The fourth-order valence-electron chi connectivity index (χ4n) is 3.88. The molecule has 0 radical (unpaired) electrons. The standard InChI is InChI=1S/C21H35N5O.HI/c1-17(2)26(18-8-9-18)11-10-23-21(22-3)25-14-12-24(13-15-25)19-6-5-7-20(16-19)27-4;/h5-7,16-18H,8-15H2,1-4H3,(H,22,23);1H. The van der Waals surface area contributed by atoms with E-state index < -0.39 is 0 Å². The van der Waals surface area contributed by atoms with Gasteiger partial charge in [0.15, 0.2) is 5.96 Å². The summed E-state index contributed by atoms with van der Waals surface area (Å²) in [5, 5.41) is 3.58. The lowest BCUT2D eigenvalue weighted by Gasteiger charge is -2.38. The number of halogens is 1. The van der Waals surface area contributed by atoms with E-state index in [1.807, 2.05) is 13.1 Å². The third-order valence-electron chi connectivity index (χ3n) is 5.54. The number of methoxy groups -OCH3 is 1. The summed E-state index contributed by atoms with van der Waals surface area (Å²) in [7, 11) is 3.61. The van der Waals surface area contributed by atoms with Crippen LogP contribution < -0.4 is 15.0 Å². The van der Waals surface area contributed by atoms with Crippen molar-refractivity contribution < 1.29 is 4.74 Å². The Morgan fingerprint density at radius 2 is 1.96 bits per heavy atom. The zero-order valence-electron chi connectivity index (χ0n) is 17.7. The Morgan fingerprint density at radius 3 is 2.54 bits per heavy atom. The largest absolute Gasteiger partial charge is 0.497 e. The summed E-state index contributed by atoms with van der Waals surface area (Å²) in [4.78, 5) is 11.9. The van der Waals surface area contributed by atoms with Crippen LogP contribution in [0.5, 0.6) is 5.75 Å². The summed E-state index contributed by atoms with van der Waals surface area (Å²) >= 11 is 0. The van der Waals surface area contributed by atoms with Crippen LogP contribution in [0.3, 0.4) is 0 Å². The van der Waals surface area contributed by atoms with E-state index in [4.69, 9.17) is 4.74 Å². The summed E-state index contributed by atoms with van der Waals surface area (Å²) in [6, 6.07) is 9.74. The smallest absolute Gasteiger partial charge is 0.193 e. The van der Waals surface area contributed by atoms with Crippen molar-refractivity contribution in [3.8, 4) is 5.75 Å². The predicted octanol–water partition coefficient (Wildman–Crippen LogP) is 2.88. The van der Waals surface area contributed by atoms with E-state index in [2.05, 4.69) is 57.1 Å². The highest BCUT2D eigenvalue weighted by molar-refractivity contribution is 14.0. The number of hydrogen-bond acceptors (Lipinski definition) is 4. The molecule has 0 atom stereocenters. The number of aliphatic imine (C=N–C) groups is 1. The summed E-state index contributed by atoms with van der Waals surface area (Å²) in [6.45, 7) is 10.6. The first kappa shape index (κ1) is 23.1. The molecule has 1 saturated carbocycles. The highest BCUT2D eigenvalue weighted by Crippen LogP contribution is 2.28. The molecule has 1 aliphatic heterocycles. The van der Waals surface area contributed by atoms with Crippen molar-refractivity contribution in [2.45, 2.75) is 38.8 Å². The minimum absolute atomic E-state index is 0. The average molecular weight is 501 g/mol. The second-order valence-electron chi connectivity index (χ2n) is 7.71. The number of nitrogens with zero attached hydrogens (tertiary/aromatic N) is 4. The van der Waals surface area contributed by atoms with Gasteiger partial charge in [0, 0.05) is 70.2 Å². The van der Waals surface area contributed by atoms with Crippen LogP contribution in [0.25, 0.3) is 0 Å². The number of piperazine rings is 1. The average Bonchev–Trinajstić information content (AvgIpc) is 3.53. The zero-order valence-corrected chi connectivity index (χ0v) is 20.1. The molecule has 0 amide bonds. The number of benzene rings is 1. The van der Waals surface area contributed by atoms with Gasteiger partial charge in [-0.2, -0.15) is 0 Å². The Labute approximate surface area is 187 Å². The van der Waals surface area contributed by atoms with Gasteiger partial charge in [-0.3, -0.25) is 9.89 Å². The molecule has 1 saturated heterocycles. The Balaban J connectivity index is 0.00000280. The molecule has 0 unspecified atom stereocenters. The molecule has 0 aromatic heterocycles. The van der Waals surface area contributed by atoms with Crippen molar-refractivity contribution >= 4 is 35.6 Å².